The standard InChI is InChI=1S/C17H14BrFO3/c1-21-16-8-4-12(10-17(16)22-2)15(20)7-3-11-9-13(18)5-6-14(11)19/h3-10H,1-2H3/b7-3+. The summed E-state index contributed by atoms with van der Waals surface area (Å²) in [6.45, 7) is 0. The Balaban J connectivity index is 2.25. The van der Waals surface area contributed by atoms with E-state index in [1.165, 1.54) is 32.4 Å². The first-order valence-corrected chi connectivity index (χ1v) is 7.24. The van der Waals surface area contributed by atoms with E-state index >= 15 is 0 Å². The normalized spacial score (nSPS) is 10.7. The first kappa shape index (κ1) is 16.2. The highest BCUT2D eigenvalue weighted by molar-refractivity contribution is 9.10. The fourth-order valence-electron chi connectivity index (χ4n) is 1.89. The number of carbonyl (C=O) groups excluding carboxylic acids is 1. The lowest BCUT2D eigenvalue weighted by Gasteiger charge is -2.08. The van der Waals surface area contributed by atoms with Gasteiger partial charge in [-0.05, 0) is 48.6 Å². The molecule has 0 atom stereocenters. The number of allylic oxidation sites excluding steroid dienone is 1. The molecule has 0 saturated heterocycles. The van der Waals surface area contributed by atoms with Gasteiger partial charge >= 0.3 is 0 Å². The Morgan fingerprint density at radius 1 is 1.09 bits per heavy atom. The lowest BCUT2D eigenvalue weighted by molar-refractivity contribution is 0.104. The Kier molecular flexibility index (Phi) is 5.33. The highest BCUT2D eigenvalue weighted by Crippen LogP contribution is 2.28. The molecule has 0 unspecified atom stereocenters. The molecule has 0 bridgehead atoms. The summed E-state index contributed by atoms with van der Waals surface area (Å²) in [5, 5.41) is 0. The molecule has 0 aliphatic rings. The predicted octanol–water partition coefficient (Wildman–Crippen LogP) is 4.50. The molecule has 0 spiro atoms. The van der Waals surface area contributed by atoms with Crippen LogP contribution in [0.5, 0.6) is 11.5 Å². The zero-order valence-electron chi connectivity index (χ0n) is 12.1. The van der Waals surface area contributed by atoms with Crippen molar-refractivity contribution in [3.63, 3.8) is 0 Å². The number of benzene rings is 2. The van der Waals surface area contributed by atoms with Gasteiger partial charge in [0.25, 0.3) is 0 Å². The number of hydrogen-bond acceptors (Lipinski definition) is 3. The molecule has 0 aliphatic carbocycles. The van der Waals surface area contributed by atoms with Gasteiger partial charge in [0.1, 0.15) is 5.82 Å². The van der Waals surface area contributed by atoms with Gasteiger partial charge in [-0.15, -0.1) is 0 Å². The van der Waals surface area contributed by atoms with Crippen LogP contribution in [0.4, 0.5) is 4.39 Å². The van der Waals surface area contributed by atoms with Crippen LogP contribution in [0.3, 0.4) is 0 Å². The first-order chi connectivity index (χ1) is 10.5. The molecular formula is C17H14BrFO3. The molecule has 0 aliphatic heterocycles. The van der Waals surface area contributed by atoms with Crippen molar-refractivity contribution in [2.24, 2.45) is 0 Å². The van der Waals surface area contributed by atoms with E-state index < -0.39 is 0 Å². The van der Waals surface area contributed by atoms with Gasteiger partial charge in [0, 0.05) is 15.6 Å². The van der Waals surface area contributed by atoms with Crippen LogP contribution in [0, 0.1) is 5.82 Å². The van der Waals surface area contributed by atoms with Crippen LogP contribution < -0.4 is 9.47 Å². The van der Waals surface area contributed by atoms with Crippen molar-refractivity contribution >= 4 is 27.8 Å². The van der Waals surface area contributed by atoms with Gasteiger partial charge in [0.15, 0.2) is 17.3 Å². The second kappa shape index (κ2) is 7.22. The predicted molar refractivity (Wildman–Crippen MR) is 87.0 cm³/mol. The van der Waals surface area contributed by atoms with E-state index in [0.717, 1.165) is 4.47 Å². The van der Waals surface area contributed by atoms with Crippen LogP contribution in [0.25, 0.3) is 6.08 Å². The van der Waals surface area contributed by atoms with E-state index in [2.05, 4.69) is 15.9 Å². The van der Waals surface area contributed by atoms with Crippen molar-refractivity contribution in [1.82, 2.24) is 0 Å². The van der Waals surface area contributed by atoms with Crippen molar-refractivity contribution in [3.05, 3.63) is 63.9 Å². The Morgan fingerprint density at radius 2 is 1.82 bits per heavy atom. The van der Waals surface area contributed by atoms with Crippen LogP contribution in [0.2, 0.25) is 0 Å². The van der Waals surface area contributed by atoms with Gasteiger partial charge in [-0.2, -0.15) is 0 Å². The Morgan fingerprint density at radius 3 is 2.50 bits per heavy atom. The van der Waals surface area contributed by atoms with E-state index in [1.54, 1.807) is 30.3 Å². The Hall–Kier alpha value is -2.14. The highest BCUT2D eigenvalue weighted by atomic mass is 79.9. The van der Waals surface area contributed by atoms with Crippen molar-refractivity contribution in [2.75, 3.05) is 14.2 Å². The third-order valence-electron chi connectivity index (χ3n) is 3.04. The van der Waals surface area contributed by atoms with E-state index in [1.807, 2.05) is 0 Å². The maximum Gasteiger partial charge on any atom is 0.185 e. The number of hydrogen-bond donors (Lipinski definition) is 0. The van der Waals surface area contributed by atoms with Gasteiger partial charge < -0.3 is 9.47 Å². The van der Waals surface area contributed by atoms with Crippen molar-refractivity contribution < 1.29 is 18.7 Å². The molecule has 0 radical (unpaired) electrons. The number of ketones is 1. The summed E-state index contributed by atoms with van der Waals surface area (Å²) in [6.07, 6.45) is 2.77. The lowest BCUT2D eigenvalue weighted by Crippen LogP contribution is -1.97. The minimum atomic E-state index is -0.389. The van der Waals surface area contributed by atoms with Gasteiger partial charge in [0.05, 0.1) is 14.2 Å². The largest absolute Gasteiger partial charge is 0.493 e. The highest BCUT2D eigenvalue weighted by Gasteiger charge is 2.09. The summed E-state index contributed by atoms with van der Waals surface area (Å²) >= 11 is 3.27. The molecule has 0 N–H and O–H groups in total. The molecule has 0 amide bonds. The molecule has 3 nitrogen and oxygen atoms in total. The Labute approximate surface area is 136 Å². The third-order valence-corrected chi connectivity index (χ3v) is 3.53. The number of carbonyl (C=O) groups is 1. The maximum atomic E-state index is 13.6. The topological polar surface area (TPSA) is 35.5 Å². The molecule has 2 aromatic rings. The second-order valence-electron chi connectivity index (χ2n) is 4.43. The fraction of sp³-hybridized carbons (Fsp3) is 0.118. The quantitative estimate of drug-likeness (QED) is 0.578. The van der Waals surface area contributed by atoms with Gasteiger partial charge in [0.2, 0.25) is 0 Å². The summed E-state index contributed by atoms with van der Waals surface area (Å²) < 4.78 is 24.6. The molecule has 22 heavy (non-hydrogen) atoms. The van der Waals surface area contributed by atoms with Gasteiger partial charge in [-0.1, -0.05) is 15.9 Å². The number of rotatable bonds is 5. The van der Waals surface area contributed by atoms with Crippen LogP contribution in [-0.2, 0) is 0 Å². The summed E-state index contributed by atoms with van der Waals surface area (Å²) in [5.41, 5.74) is 0.771. The van der Waals surface area contributed by atoms with Crippen molar-refractivity contribution in [2.45, 2.75) is 0 Å². The molecule has 0 heterocycles. The zero-order valence-corrected chi connectivity index (χ0v) is 13.7. The van der Waals surface area contributed by atoms with Crippen LogP contribution in [-0.4, -0.2) is 20.0 Å². The third kappa shape index (κ3) is 3.74. The molecular weight excluding hydrogens is 351 g/mol. The van der Waals surface area contributed by atoms with Crippen LogP contribution in [0.1, 0.15) is 15.9 Å². The summed E-state index contributed by atoms with van der Waals surface area (Å²) in [6, 6.07) is 9.41. The van der Waals surface area contributed by atoms with Crippen molar-refractivity contribution in [3.8, 4) is 11.5 Å². The van der Waals surface area contributed by atoms with Crippen LogP contribution in [0.15, 0.2) is 46.9 Å². The van der Waals surface area contributed by atoms with Gasteiger partial charge in [-0.25, -0.2) is 4.39 Å². The second-order valence-corrected chi connectivity index (χ2v) is 5.35. The van der Waals surface area contributed by atoms with Gasteiger partial charge in [-0.3, -0.25) is 4.79 Å². The SMILES string of the molecule is COc1ccc(C(=O)/C=C/c2cc(Br)ccc2F)cc1OC. The van der Waals surface area contributed by atoms with E-state index in [0.29, 0.717) is 22.6 Å². The number of methoxy groups -OCH3 is 2. The number of ether oxygens (including phenoxy) is 2. The first-order valence-electron chi connectivity index (χ1n) is 6.44. The molecule has 2 rings (SSSR count). The van der Waals surface area contributed by atoms with Crippen LogP contribution >= 0.6 is 15.9 Å². The number of halogens is 2. The van der Waals surface area contributed by atoms with Crippen molar-refractivity contribution in [1.29, 1.82) is 0 Å². The molecule has 0 saturated carbocycles. The van der Waals surface area contributed by atoms with E-state index in [4.69, 9.17) is 9.47 Å². The smallest absolute Gasteiger partial charge is 0.185 e. The molecule has 0 fully saturated rings. The minimum absolute atomic E-state index is 0.250. The fourth-order valence-corrected chi connectivity index (χ4v) is 2.27. The monoisotopic (exact) mass is 364 g/mol. The summed E-state index contributed by atoms with van der Waals surface area (Å²) in [5.74, 6) is 0.372. The van der Waals surface area contributed by atoms with E-state index in [9.17, 15) is 9.18 Å². The molecule has 2 aromatic carbocycles. The zero-order chi connectivity index (χ0) is 16.1. The average Bonchev–Trinajstić information content (AvgIpc) is 2.54. The summed E-state index contributed by atoms with van der Waals surface area (Å²) in [7, 11) is 3.02. The maximum absolute atomic E-state index is 13.6. The summed E-state index contributed by atoms with van der Waals surface area (Å²) in [4.78, 5) is 12.2. The molecule has 0 aromatic heterocycles. The average molecular weight is 365 g/mol. The molecule has 114 valence electrons. The Bertz CT molecular complexity index is 726. The van der Waals surface area contributed by atoms with E-state index in [-0.39, 0.29) is 11.6 Å². The lowest BCUT2D eigenvalue weighted by atomic mass is 10.1. The minimum Gasteiger partial charge on any atom is -0.493 e. The molecule has 5 heteroatoms.